The van der Waals surface area contributed by atoms with Gasteiger partial charge in [-0.3, -0.25) is 4.79 Å². The number of furan rings is 1. The molecule has 0 unspecified atom stereocenters. The number of carbonyl (C=O) groups excluding carboxylic acids is 1. The van der Waals surface area contributed by atoms with E-state index in [1.54, 1.807) is 24.3 Å². The highest BCUT2D eigenvalue weighted by Gasteiger charge is 2.09. The van der Waals surface area contributed by atoms with Gasteiger partial charge in [-0.25, -0.2) is 9.38 Å². The summed E-state index contributed by atoms with van der Waals surface area (Å²) < 4.78 is 18.8. The molecule has 3 aromatic rings. The topological polar surface area (TPSA) is 78.7 Å². The van der Waals surface area contributed by atoms with Crippen LogP contribution in [-0.4, -0.2) is 25.0 Å². The summed E-state index contributed by atoms with van der Waals surface area (Å²) >= 11 is 0. The van der Waals surface area contributed by atoms with Gasteiger partial charge in [-0.1, -0.05) is 30.3 Å². The van der Waals surface area contributed by atoms with Crippen molar-refractivity contribution in [2.75, 3.05) is 18.4 Å². The van der Waals surface area contributed by atoms with Crippen LogP contribution in [0.4, 0.5) is 10.1 Å². The van der Waals surface area contributed by atoms with Crippen LogP contribution in [0.3, 0.4) is 0 Å². The molecule has 8 heteroatoms. The van der Waals surface area contributed by atoms with Crippen molar-refractivity contribution in [1.29, 1.82) is 0 Å². The lowest BCUT2D eigenvalue weighted by Crippen LogP contribution is -2.38. The lowest BCUT2D eigenvalue weighted by atomic mass is 10.1. The number of aliphatic imine (C=N–C) groups is 1. The van der Waals surface area contributed by atoms with Gasteiger partial charge in [-0.2, -0.15) is 0 Å². The highest BCUT2D eigenvalue weighted by molar-refractivity contribution is 14.0. The molecule has 0 aliphatic carbocycles. The lowest BCUT2D eigenvalue weighted by Gasteiger charge is -2.12. The molecule has 0 atom stereocenters. The van der Waals surface area contributed by atoms with Gasteiger partial charge in [0.05, 0.1) is 12.8 Å². The number of benzene rings is 2. The zero-order valence-electron chi connectivity index (χ0n) is 17.2. The molecular formula is C23H26FIN4O2. The van der Waals surface area contributed by atoms with Crippen LogP contribution in [0.15, 0.2) is 76.3 Å². The monoisotopic (exact) mass is 536 g/mol. The van der Waals surface area contributed by atoms with Crippen LogP contribution in [-0.2, 0) is 13.0 Å². The third-order valence-electron chi connectivity index (χ3n) is 4.34. The minimum absolute atomic E-state index is 0. The fraction of sp³-hybridized carbons (Fsp3) is 0.217. The maximum Gasteiger partial charge on any atom is 0.291 e. The lowest BCUT2D eigenvalue weighted by molar-refractivity contribution is 0.0996. The molecule has 3 rings (SSSR count). The molecule has 0 spiro atoms. The van der Waals surface area contributed by atoms with Gasteiger partial charge < -0.3 is 20.4 Å². The van der Waals surface area contributed by atoms with Gasteiger partial charge in [0.15, 0.2) is 11.7 Å². The van der Waals surface area contributed by atoms with Crippen molar-refractivity contribution in [2.24, 2.45) is 4.99 Å². The highest BCUT2D eigenvalue weighted by Crippen LogP contribution is 2.13. The molecule has 0 aliphatic rings. The molecule has 0 aliphatic heterocycles. The average molecular weight is 536 g/mol. The van der Waals surface area contributed by atoms with E-state index in [2.05, 4.69) is 20.9 Å². The van der Waals surface area contributed by atoms with Gasteiger partial charge in [-0.05, 0) is 54.8 Å². The first-order chi connectivity index (χ1) is 14.7. The summed E-state index contributed by atoms with van der Waals surface area (Å²) in [5, 5.41) is 9.21. The van der Waals surface area contributed by atoms with Crippen molar-refractivity contribution in [3.63, 3.8) is 0 Å². The maximum absolute atomic E-state index is 13.7. The molecule has 164 valence electrons. The number of carbonyl (C=O) groups is 1. The Morgan fingerprint density at radius 3 is 2.65 bits per heavy atom. The van der Waals surface area contributed by atoms with Gasteiger partial charge in [0.2, 0.25) is 0 Å². The predicted octanol–water partition coefficient (Wildman–Crippen LogP) is 4.59. The van der Waals surface area contributed by atoms with E-state index in [0.717, 1.165) is 5.56 Å². The predicted molar refractivity (Wildman–Crippen MR) is 131 cm³/mol. The Bertz CT molecular complexity index is 993. The first-order valence-electron chi connectivity index (χ1n) is 9.85. The van der Waals surface area contributed by atoms with Crippen molar-refractivity contribution < 1.29 is 13.6 Å². The minimum Gasteiger partial charge on any atom is -0.459 e. The van der Waals surface area contributed by atoms with E-state index < -0.39 is 0 Å². The Hall–Kier alpha value is -2.88. The van der Waals surface area contributed by atoms with Crippen LogP contribution in [0.5, 0.6) is 0 Å². The normalized spacial score (nSPS) is 10.8. The SMILES string of the molecule is CCNC(=NCc1cccc(NC(=O)c2ccco2)c1)NCCc1ccccc1F.I. The summed E-state index contributed by atoms with van der Waals surface area (Å²) in [4.78, 5) is 16.7. The first kappa shape index (κ1) is 24.4. The molecule has 6 nitrogen and oxygen atoms in total. The Morgan fingerprint density at radius 2 is 1.90 bits per heavy atom. The summed E-state index contributed by atoms with van der Waals surface area (Å²) in [6.45, 7) is 3.69. The molecule has 1 heterocycles. The third kappa shape index (κ3) is 7.71. The van der Waals surface area contributed by atoms with Crippen molar-refractivity contribution in [3.05, 3.63) is 89.6 Å². The molecule has 0 radical (unpaired) electrons. The average Bonchev–Trinajstić information content (AvgIpc) is 3.29. The van der Waals surface area contributed by atoms with Crippen molar-refractivity contribution in [1.82, 2.24) is 10.6 Å². The first-order valence-corrected chi connectivity index (χ1v) is 9.85. The van der Waals surface area contributed by atoms with E-state index in [9.17, 15) is 9.18 Å². The van der Waals surface area contributed by atoms with E-state index in [0.29, 0.717) is 43.3 Å². The van der Waals surface area contributed by atoms with Crippen molar-refractivity contribution in [2.45, 2.75) is 19.9 Å². The van der Waals surface area contributed by atoms with E-state index in [1.807, 2.05) is 37.3 Å². The number of nitrogens with zero attached hydrogens (tertiary/aromatic N) is 1. The number of rotatable bonds is 8. The van der Waals surface area contributed by atoms with E-state index in [1.165, 1.54) is 12.3 Å². The summed E-state index contributed by atoms with van der Waals surface area (Å²) in [6.07, 6.45) is 2.02. The van der Waals surface area contributed by atoms with E-state index >= 15 is 0 Å². The number of halogens is 2. The molecule has 2 aromatic carbocycles. The molecule has 0 saturated carbocycles. The molecule has 0 fully saturated rings. The molecule has 0 saturated heterocycles. The molecule has 31 heavy (non-hydrogen) atoms. The number of nitrogens with one attached hydrogen (secondary N) is 3. The summed E-state index contributed by atoms with van der Waals surface area (Å²) in [6, 6.07) is 17.5. The quantitative estimate of drug-likeness (QED) is 0.224. The van der Waals surface area contributed by atoms with Gasteiger partial charge in [0.25, 0.3) is 5.91 Å². The molecule has 1 aromatic heterocycles. The second-order valence-corrected chi connectivity index (χ2v) is 6.60. The second kappa shape index (κ2) is 12.7. The number of guanidine groups is 1. The minimum atomic E-state index is -0.302. The fourth-order valence-electron chi connectivity index (χ4n) is 2.88. The molecule has 0 bridgehead atoms. The Morgan fingerprint density at radius 1 is 1.06 bits per heavy atom. The standard InChI is InChI=1S/C23H25FN4O2.HI/c1-2-25-23(26-13-12-18-8-3-4-10-20(18)24)27-16-17-7-5-9-19(15-17)28-22(29)21-11-6-14-30-21;/h3-11,14-15H,2,12-13,16H2,1H3,(H,28,29)(H2,25,26,27);1H. The van der Waals surface area contributed by atoms with Gasteiger partial charge >= 0.3 is 0 Å². The third-order valence-corrected chi connectivity index (χ3v) is 4.34. The van der Waals surface area contributed by atoms with Crippen LogP contribution < -0.4 is 16.0 Å². The summed E-state index contributed by atoms with van der Waals surface area (Å²) in [5.41, 5.74) is 2.28. The highest BCUT2D eigenvalue weighted by atomic mass is 127. The van der Waals surface area contributed by atoms with Crippen LogP contribution >= 0.6 is 24.0 Å². The smallest absolute Gasteiger partial charge is 0.291 e. The summed E-state index contributed by atoms with van der Waals surface area (Å²) in [7, 11) is 0. The summed E-state index contributed by atoms with van der Waals surface area (Å²) in [5.74, 6) is 0.407. The Balaban J connectivity index is 0.00000341. The van der Waals surface area contributed by atoms with E-state index in [-0.39, 0.29) is 41.5 Å². The zero-order valence-corrected chi connectivity index (χ0v) is 19.6. The number of amides is 1. The molecule has 3 N–H and O–H groups in total. The van der Waals surface area contributed by atoms with Crippen LogP contribution in [0.2, 0.25) is 0 Å². The zero-order chi connectivity index (χ0) is 21.2. The van der Waals surface area contributed by atoms with Gasteiger partial charge in [0.1, 0.15) is 5.82 Å². The van der Waals surface area contributed by atoms with Crippen LogP contribution in [0, 0.1) is 5.82 Å². The molecule has 1 amide bonds. The van der Waals surface area contributed by atoms with Gasteiger partial charge in [-0.15, -0.1) is 24.0 Å². The van der Waals surface area contributed by atoms with Crippen LogP contribution in [0.25, 0.3) is 0 Å². The van der Waals surface area contributed by atoms with Crippen LogP contribution in [0.1, 0.15) is 28.6 Å². The second-order valence-electron chi connectivity index (χ2n) is 6.60. The van der Waals surface area contributed by atoms with Crippen molar-refractivity contribution >= 4 is 41.5 Å². The molecular weight excluding hydrogens is 510 g/mol. The largest absolute Gasteiger partial charge is 0.459 e. The number of hydrogen-bond donors (Lipinski definition) is 3. The Kier molecular flexibility index (Phi) is 10.0. The van der Waals surface area contributed by atoms with E-state index in [4.69, 9.17) is 4.42 Å². The van der Waals surface area contributed by atoms with Gasteiger partial charge in [0, 0.05) is 18.8 Å². The maximum atomic E-state index is 13.7. The fourth-order valence-corrected chi connectivity index (χ4v) is 2.88. The Labute approximate surface area is 198 Å². The van der Waals surface area contributed by atoms with Crippen molar-refractivity contribution in [3.8, 4) is 0 Å². The number of hydrogen-bond acceptors (Lipinski definition) is 3. The number of anilines is 1.